The lowest BCUT2D eigenvalue weighted by molar-refractivity contribution is -0.384. The van der Waals surface area contributed by atoms with E-state index in [1.165, 1.54) is 12.1 Å². The number of ether oxygens (including phenoxy) is 2. The summed E-state index contributed by atoms with van der Waals surface area (Å²) in [6.07, 6.45) is 0.617. The minimum atomic E-state index is -0.409. The second-order valence-electron chi connectivity index (χ2n) is 5.77. The van der Waals surface area contributed by atoms with Gasteiger partial charge in [-0.15, -0.1) is 0 Å². The fourth-order valence-corrected chi connectivity index (χ4v) is 2.90. The highest BCUT2D eigenvalue weighted by Gasteiger charge is 2.15. The number of fused-ring (bicyclic) bond motifs is 1. The molecule has 1 heterocycles. The summed E-state index contributed by atoms with van der Waals surface area (Å²) in [6, 6.07) is 10.2. The zero-order valence-electron chi connectivity index (χ0n) is 14.6. The molecule has 0 unspecified atom stereocenters. The monoisotopic (exact) mass is 356 g/mol. The van der Waals surface area contributed by atoms with Gasteiger partial charge >= 0.3 is 0 Å². The number of imidazole rings is 1. The molecule has 0 aliphatic rings. The SMILES string of the molecule is COc1cc2nc(CCN)n(Cc3ccc([N+](=O)[O-])cc3)c2cc1OC. The predicted molar refractivity (Wildman–Crippen MR) is 97.8 cm³/mol. The number of non-ortho nitro benzene ring substituents is 1. The number of nitro groups is 1. The zero-order chi connectivity index (χ0) is 18.7. The van der Waals surface area contributed by atoms with Crippen molar-refractivity contribution in [2.45, 2.75) is 13.0 Å². The number of methoxy groups -OCH3 is 2. The minimum absolute atomic E-state index is 0.0674. The van der Waals surface area contributed by atoms with Crippen LogP contribution in [0.5, 0.6) is 11.5 Å². The maximum absolute atomic E-state index is 10.8. The number of hydrogen-bond donors (Lipinski definition) is 1. The van der Waals surface area contributed by atoms with Crippen LogP contribution in [0.15, 0.2) is 36.4 Å². The van der Waals surface area contributed by atoms with Crippen LogP contribution < -0.4 is 15.2 Å². The molecule has 2 aromatic carbocycles. The summed E-state index contributed by atoms with van der Waals surface area (Å²) in [6.45, 7) is 0.997. The molecular formula is C18H20N4O4. The van der Waals surface area contributed by atoms with E-state index in [-0.39, 0.29) is 5.69 Å². The van der Waals surface area contributed by atoms with Gasteiger partial charge in [0.25, 0.3) is 5.69 Å². The second-order valence-corrected chi connectivity index (χ2v) is 5.77. The second kappa shape index (κ2) is 7.40. The van der Waals surface area contributed by atoms with Gasteiger partial charge in [0.1, 0.15) is 5.82 Å². The lowest BCUT2D eigenvalue weighted by Crippen LogP contribution is -2.11. The summed E-state index contributed by atoms with van der Waals surface area (Å²) in [5, 5.41) is 10.8. The Morgan fingerprint density at radius 2 is 1.81 bits per heavy atom. The van der Waals surface area contributed by atoms with Gasteiger partial charge < -0.3 is 19.8 Å². The summed E-state index contributed by atoms with van der Waals surface area (Å²) < 4.78 is 12.8. The van der Waals surface area contributed by atoms with Gasteiger partial charge in [-0.05, 0) is 12.1 Å². The maximum atomic E-state index is 10.8. The van der Waals surface area contributed by atoms with E-state index in [0.717, 1.165) is 22.4 Å². The third-order valence-electron chi connectivity index (χ3n) is 4.19. The van der Waals surface area contributed by atoms with E-state index >= 15 is 0 Å². The van der Waals surface area contributed by atoms with Crippen LogP contribution in [0, 0.1) is 10.1 Å². The molecule has 8 heteroatoms. The Morgan fingerprint density at radius 3 is 2.38 bits per heavy atom. The Hall–Kier alpha value is -3.13. The van der Waals surface area contributed by atoms with Gasteiger partial charge in [0.15, 0.2) is 11.5 Å². The zero-order valence-corrected chi connectivity index (χ0v) is 14.6. The third kappa shape index (κ3) is 3.31. The van der Waals surface area contributed by atoms with E-state index in [4.69, 9.17) is 15.2 Å². The molecule has 0 bridgehead atoms. The maximum Gasteiger partial charge on any atom is 0.269 e. The number of nitro benzene ring substituents is 1. The number of benzene rings is 2. The van der Waals surface area contributed by atoms with Crippen LogP contribution in [-0.2, 0) is 13.0 Å². The smallest absolute Gasteiger partial charge is 0.269 e. The Kier molecular flexibility index (Phi) is 5.04. The fraction of sp³-hybridized carbons (Fsp3) is 0.278. The van der Waals surface area contributed by atoms with Crippen LogP contribution in [0.25, 0.3) is 11.0 Å². The van der Waals surface area contributed by atoms with Crippen LogP contribution in [0.3, 0.4) is 0 Å². The lowest BCUT2D eigenvalue weighted by Gasteiger charge is -2.11. The largest absolute Gasteiger partial charge is 0.493 e. The fourth-order valence-electron chi connectivity index (χ4n) is 2.90. The van der Waals surface area contributed by atoms with E-state index in [1.807, 2.05) is 16.7 Å². The summed E-state index contributed by atoms with van der Waals surface area (Å²) in [5.41, 5.74) is 8.41. The Labute approximate surface area is 150 Å². The third-order valence-corrected chi connectivity index (χ3v) is 4.19. The summed E-state index contributed by atoms with van der Waals surface area (Å²) in [7, 11) is 3.17. The number of nitrogens with two attached hydrogens (primary N) is 1. The summed E-state index contributed by atoms with van der Waals surface area (Å²) >= 11 is 0. The average Bonchev–Trinajstić information content (AvgIpc) is 2.97. The number of nitrogens with zero attached hydrogens (tertiary/aromatic N) is 3. The molecule has 0 aliphatic carbocycles. The van der Waals surface area contributed by atoms with E-state index < -0.39 is 4.92 Å². The van der Waals surface area contributed by atoms with Crippen LogP contribution >= 0.6 is 0 Å². The minimum Gasteiger partial charge on any atom is -0.493 e. The van der Waals surface area contributed by atoms with E-state index in [9.17, 15) is 10.1 Å². The molecule has 2 N–H and O–H groups in total. The molecule has 8 nitrogen and oxygen atoms in total. The molecule has 0 saturated heterocycles. The Balaban J connectivity index is 2.06. The van der Waals surface area contributed by atoms with E-state index in [0.29, 0.717) is 31.0 Å². The summed E-state index contributed by atoms with van der Waals surface area (Å²) in [5.74, 6) is 2.07. The lowest BCUT2D eigenvalue weighted by atomic mass is 10.2. The molecule has 0 atom stereocenters. The average molecular weight is 356 g/mol. The Morgan fingerprint density at radius 1 is 1.15 bits per heavy atom. The van der Waals surface area contributed by atoms with Crippen molar-refractivity contribution in [3.8, 4) is 11.5 Å². The van der Waals surface area contributed by atoms with Crippen molar-refractivity contribution < 1.29 is 14.4 Å². The first-order valence-corrected chi connectivity index (χ1v) is 8.12. The van der Waals surface area contributed by atoms with Crippen LogP contribution in [0.2, 0.25) is 0 Å². The van der Waals surface area contributed by atoms with Gasteiger partial charge in [0.2, 0.25) is 0 Å². The topological polar surface area (TPSA) is 105 Å². The molecule has 26 heavy (non-hydrogen) atoms. The molecule has 0 saturated carbocycles. The molecule has 0 aliphatic heterocycles. The van der Waals surface area contributed by atoms with Crippen molar-refractivity contribution in [1.82, 2.24) is 9.55 Å². The quantitative estimate of drug-likeness (QED) is 0.515. The highest BCUT2D eigenvalue weighted by atomic mass is 16.6. The van der Waals surface area contributed by atoms with Crippen molar-refractivity contribution in [2.75, 3.05) is 20.8 Å². The van der Waals surface area contributed by atoms with Crippen LogP contribution in [0.1, 0.15) is 11.4 Å². The van der Waals surface area contributed by atoms with Gasteiger partial charge in [-0.1, -0.05) is 12.1 Å². The molecular weight excluding hydrogens is 336 g/mol. The molecule has 1 aromatic heterocycles. The van der Waals surface area contributed by atoms with E-state index in [2.05, 4.69) is 4.98 Å². The van der Waals surface area contributed by atoms with Crippen molar-refractivity contribution >= 4 is 16.7 Å². The van der Waals surface area contributed by atoms with E-state index in [1.54, 1.807) is 26.4 Å². The van der Waals surface area contributed by atoms with Crippen LogP contribution in [-0.4, -0.2) is 35.2 Å². The first-order chi connectivity index (χ1) is 12.6. The van der Waals surface area contributed by atoms with Crippen molar-refractivity contribution in [3.63, 3.8) is 0 Å². The predicted octanol–water partition coefficient (Wildman–Crippen LogP) is 2.51. The van der Waals surface area contributed by atoms with Crippen molar-refractivity contribution in [3.05, 3.63) is 57.9 Å². The molecule has 0 fully saturated rings. The molecule has 3 rings (SSSR count). The summed E-state index contributed by atoms with van der Waals surface area (Å²) in [4.78, 5) is 15.1. The first-order valence-electron chi connectivity index (χ1n) is 8.12. The molecule has 136 valence electrons. The number of hydrogen-bond acceptors (Lipinski definition) is 6. The van der Waals surface area contributed by atoms with Crippen molar-refractivity contribution in [2.24, 2.45) is 5.73 Å². The van der Waals surface area contributed by atoms with Gasteiger partial charge in [-0.2, -0.15) is 0 Å². The highest BCUT2D eigenvalue weighted by molar-refractivity contribution is 5.81. The van der Waals surface area contributed by atoms with Crippen LogP contribution in [0.4, 0.5) is 5.69 Å². The highest BCUT2D eigenvalue weighted by Crippen LogP contribution is 2.33. The molecule has 0 radical (unpaired) electrons. The van der Waals surface area contributed by atoms with Gasteiger partial charge in [-0.25, -0.2) is 4.98 Å². The van der Waals surface area contributed by atoms with Gasteiger partial charge in [-0.3, -0.25) is 10.1 Å². The van der Waals surface area contributed by atoms with Crippen molar-refractivity contribution in [1.29, 1.82) is 0 Å². The molecule has 0 spiro atoms. The molecule has 3 aromatic rings. The standard InChI is InChI=1S/C18H20N4O4/c1-25-16-9-14-15(10-17(16)26-2)21(18(20-14)7-8-19)11-12-3-5-13(6-4-12)22(23)24/h3-6,9-10H,7-8,11,19H2,1-2H3. The molecule has 0 amide bonds. The Bertz CT molecular complexity index is 935. The van der Waals surface area contributed by atoms with Gasteiger partial charge in [0.05, 0.1) is 30.2 Å². The number of aromatic nitrogens is 2. The van der Waals surface area contributed by atoms with Gasteiger partial charge in [0, 0.05) is 37.2 Å². The first kappa shape index (κ1) is 17.7. The normalized spacial score (nSPS) is 10.9. The number of rotatable bonds is 7.